The Bertz CT molecular complexity index is 2130. The summed E-state index contributed by atoms with van der Waals surface area (Å²) in [6.45, 7) is 2.01. The smallest absolute Gasteiger partial charge is 0.490 e. The number of amides is 1. The van der Waals surface area contributed by atoms with E-state index in [0.717, 1.165) is 10.8 Å². The van der Waals surface area contributed by atoms with Crippen LogP contribution in [-0.4, -0.2) is 72.9 Å². The molecule has 1 aliphatic heterocycles. The number of anilines is 2. The lowest BCUT2D eigenvalue weighted by Crippen LogP contribution is -2.40. The van der Waals surface area contributed by atoms with E-state index < -0.39 is 62.9 Å². The largest absolute Gasteiger partial charge is 0.494 e. The number of nitrogens with one attached hydrogen (secondary N) is 1. The van der Waals surface area contributed by atoms with E-state index in [1.807, 2.05) is 6.07 Å². The number of aliphatic carboxylic acids is 1. The quantitative estimate of drug-likeness (QED) is 0.131. The highest BCUT2D eigenvalue weighted by Gasteiger charge is 2.48. The van der Waals surface area contributed by atoms with Gasteiger partial charge >= 0.3 is 18.1 Å². The Kier molecular flexibility index (Phi) is 11.5. The van der Waals surface area contributed by atoms with Crippen molar-refractivity contribution in [3.8, 4) is 5.75 Å². The molecule has 282 valence electrons. The normalized spacial score (nSPS) is 17.7. The van der Waals surface area contributed by atoms with Crippen LogP contribution >= 0.6 is 0 Å². The molecule has 1 saturated heterocycles. The van der Waals surface area contributed by atoms with E-state index in [-0.39, 0.29) is 30.2 Å². The first-order valence-electron chi connectivity index (χ1n) is 16.4. The standard InChI is InChI=1S/C34H35FN4O6S.C2HF3O2/c1-3-45-34(41)26-15-17-39(31(26)25-6-4-5-7-29(25)46(42,43)23-10-11-23)33(40)30(21-8-13-27(35)28(19-21)44-2)38-22-9-12-24-20(18-22)14-16-37-32(24)36;3-2(4,5)1(6)7/h4-9,12-14,16,18-19,23,26,30-31,38H,3,10-11,15,17H2,1-2H3,(H2,36,37);(H,6,7)/t26-,30-,31+;/m1./s1. The van der Waals surface area contributed by atoms with Crippen LogP contribution in [0.3, 0.4) is 0 Å². The second kappa shape index (κ2) is 15.7. The van der Waals surface area contributed by atoms with Crippen LogP contribution in [0.2, 0.25) is 0 Å². The van der Waals surface area contributed by atoms with Gasteiger partial charge in [0.2, 0.25) is 5.91 Å². The number of carboxylic acid groups (broad SMARTS) is 1. The van der Waals surface area contributed by atoms with Crippen LogP contribution in [0.15, 0.2) is 77.8 Å². The van der Waals surface area contributed by atoms with Crippen molar-refractivity contribution >= 4 is 50.0 Å². The second-order valence-corrected chi connectivity index (χ2v) is 14.5. The Morgan fingerprint density at radius 2 is 1.75 bits per heavy atom. The van der Waals surface area contributed by atoms with Crippen LogP contribution < -0.4 is 15.8 Å². The van der Waals surface area contributed by atoms with Crippen molar-refractivity contribution in [2.45, 2.75) is 54.6 Å². The second-order valence-electron chi connectivity index (χ2n) is 12.3. The molecule has 1 aromatic heterocycles. The molecule has 53 heavy (non-hydrogen) atoms. The molecule has 1 saturated carbocycles. The highest BCUT2D eigenvalue weighted by molar-refractivity contribution is 7.92. The van der Waals surface area contributed by atoms with Crippen LogP contribution in [0, 0.1) is 11.7 Å². The molecule has 3 aromatic carbocycles. The molecule has 0 radical (unpaired) electrons. The van der Waals surface area contributed by atoms with Gasteiger partial charge in [0.1, 0.15) is 11.9 Å². The van der Waals surface area contributed by atoms with E-state index in [0.29, 0.717) is 35.5 Å². The summed E-state index contributed by atoms with van der Waals surface area (Å²) in [4.78, 5) is 42.8. The van der Waals surface area contributed by atoms with Crippen molar-refractivity contribution in [1.29, 1.82) is 0 Å². The summed E-state index contributed by atoms with van der Waals surface area (Å²) < 4.78 is 84.1. The summed E-state index contributed by atoms with van der Waals surface area (Å²) in [5.74, 6) is -4.76. The zero-order valence-electron chi connectivity index (χ0n) is 28.5. The van der Waals surface area contributed by atoms with Gasteiger partial charge in [-0.25, -0.2) is 22.6 Å². The number of hydrogen-bond acceptors (Lipinski definition) is 10. The monoisotopic (exact) mass is 760 g/mol. The minimum atomic E-state index is -5.08. The number of carbonyl (C=O) groups is 3. The molecular weight excluding hydrogens is 724 g/mol. The van der Waals surface area contributed by atoms with Crippen LogP contribution in [0.4, 0.5) is 29.1 Å². The zero-order chi connectivity index (χ0) is 38.7. The summed E-state index contributed by atoms with van der Waals surface area (Å²) in [6, 6.07) is 15.9. The number of esters is 1. The first-order chi connectivity index (χ1) is 25.1. The van der Waals surface area contributed by atoms with E-state index in [9.17, 15) is 35.6 Å². The number of alkyl halides is 3. The van der Waals surface area contributed by atoms with Crippen molar-refractivity contribution < 1.29 is 54.9 Å². The van der Waals surface area contributed by atoms with Crippen molar-refractivity contribution in [3.05, 3.63) is 89.9 Å². The Morgan fingerprint density at radius 3 is 2.40 bits per heavy atom. The first kappa shape index (κ1) is 38.8. The maximum absolute atomic E-state index is 14.8. The van der Waals surface area contributed by atoms with Gasteiger partial charge in [0.25, 0.3) is 0 Å². The third-order valence-electron chi connectivity index (χ3n) is 8.88. The third-order valence-corrected chi connectivity index (χ3v) is 11.2. The number of nitrogen functional groups attached to an aromatic ring is 1. The number of fused-ring (bicyclic) bond motifs is 1. The molecule has 2 heterocycles. The zero-order valence-corrected chi connectivity index (χ0v) is 29.3. The molecule has 0 spiro atoms. The molecule has 0 bridgehead atoms. The fourth-order valence-electron chi connectivity index (χ4n) is 6.23. The minimum Gasteiger partial charge on any atom is -0.494 e. The number of nitrogens with two attached hydrogens (primary N) is 1. The molecule has 6 rings (SSSR count). The maximum Gasteiger partial charge on any atom is 0.490 e. The Labute approximate surface area is 301 Å². The van der Waals surface area contributed by atoms with Gasteiger partial charge in [0.15, 0.2) is 21.4 Å². The molecule has 4 aromatic rings. The third kappa shape index (κ3) is 8.45. The predicted octanol–water partition coefficient (Wildman–Crippen LogP) is 5.84. The number of carboxylic acids is 1. The number of ether oxygens (including phenoxy) is 2. The number of benzene rings is 3. The number of pyridine rings is 1. The average molecular weight is 761 g/mol. The molecular formula is C36H36F4N4O8S. The van der Waals surface area contributed by atoms with Gasteiger partial charge in [-0.3, -0.25) is 9.59 Å². The number of rotatable bonds is 10. The lowest BCUT2D eigenvalue weighted by Gasteiger charge is -2.33. The summed E-state index contributed by atoms with van der Waals surface area (Å²) in [6.07, 6.45) is -2.09. The molecule has 1 aliphatic carbocycles. The molecule has 2 fully saturated rings. The number of aromatic nitrogens is 1. The average Bonchev–Trinajstić information content (AvgIpc) is 3.90. The van der Waals surface area contributed by atoms with Gasteiger partial charge in [-0.05, 0) is 85.2 Å². The summed E-state index contributed by atoms with van der Waals surface area (Å²) >= 11 is 0. The summed E-state index contributed by atoms with van der Waals surface area (Å²) in [5, 5.41) is 11.5. The molecule has 2 aliphatic rings. The fraction of sp³-hybridized carbons (Fsp3) is 0.333. The van der Waals surface area contributed by atoms with E-state index in [1.165, 1.54) is 25.3 Å². The van der Waals surface area contributed by atoms with E-state index in [1.54, 1.807) is 60.5 Å². The Hall–Kier alpha value is -5.45. The lowest BCUT2D eigenvalue weighted by molar-refractivity contribution is -0.192. The van der Waals surface area contributed by atoms with Gasteiger partial charge < -0.3 is 30.5 Å². The van der Waals surface area contributed by atoms with Crippen molar-refractivity contribution in [2.24, 2.45) is 5.92 Å². The van der Waals surface area contributed by atoms with Crippen LogP contribution in [0.5, 0.6) is 5.75 Å². The van der Waals surface area contributed by atoms with E-state index in [4.69, 9.17) is 25.1 Å². The van der Waals surface area contributed by atoms with Gasteiger partial charge in [-0.2, -0.15) is 13.2 Å². The van der Waals surface area contributed by atoms with E-state index in [2.05, 4.69) is 10.3 Å². The summed E-state index contributed by atoms with van der Waals surface area (Å²) in [7, 11) is -2.34. The number of sulfone groups is 1. The number of methoxy groups -OCH3 is 1. The molecule has 3 atom stereocenters. The number of nitrogens with zero attached hydrogens (tertiary/aromatic N) is 2. The van der Waals surface area contributed by atoms with Gasteiger partial charge in [0.05, 0.1) is 35.8 Å². The van der Waals surface area contributed by atoms with Crippen molar-refractivity contribution in [2.75, 3.05) is 31.3 Å². The maximum atomic E-state index is 14.8. The number of hydrogen-bond donors (Lipinski definition) is 3. The SMILES string of the molecule is CCOC(=O)[C@@H]1CCN(C(=O)[C@H](Nc2ccc3c(N)nccc3c2)c2ccc(F)c(OC)c2)[C@H]1c1ccccc1S(=O)(=O)C1CC1.O=C(O)C(F)(F)F. The lowest BCUT2D eigenvalue weighted by atomic mass is 9.93. The van der Waals surface area contributed by atoms with E-state index >= 15 is 0 Å². The van der Waals surface area contributed by atoms with Crippen LogP contribution in [0.1, 0.15) is 49.4 Å². The van der Waals surface area contributed by atoms with Crippen molar-refractivity contribution in [1.82, 2.24) is 9.88 Å². The number of carbonyl (C=O) groups excluding carboxylic acids is 2. The van der Waals surface area contributed by atoms with Gasteiger partial charge in [0, 0.05) is 23.8 Å². The highest BCUT2D eigenvalue weighted by atomic mass is 32.2. The molecule has 12 nitrogen and oxygen atoms in total. The van der Waals surface area contributed by atoms with Gasteiger partial charge in [-0.1, -0.05) is 24.3 Å². The van der Waals surface area contributed by atoms with Gasteiger partial charge in [-0.15, -0.1) is 0 Å². The molecule has 17 heteroatoms. The highest BCUT2D eigenvalue weighted by Crippen LogP contribution is 2.45. The molecule has 1 amide bonds. The molecule has 4 N–H and O–H groups in total. The first-order valence-corrected chi connectivity index (χ1v) is 18.0. The van der Waals surface area contributed by atoms with Crippen molar-refractivity contribution in [3.63, 3.8) is 0 Å². The Morgan fingerprint density at radius 1 is 1.06 bits per heavy atom. The fourth-order valence-corrected chi connectivity index (χ4v) is 8.13. The Balaban J connectivity index is 0.000000705. The predicted molar refractivity (Wildman–Crippen MR) is 185 cm³/mol. The summed E-state index contributed by atoms with van der Waals surface area (Å²) in [5.41, 5.74) is 7.42. The number of halogens is 4. The molecule has 0 unspecified atom stereocenters. The number of likely N-dealkylation sites (tertiary alicyclic amines) is 1. The van der Waals surface area contributed by atoms with Crippen LogP contribution in [-0.2, 0) is 29.0 Å². The topological polar surface area (TPSA) is 178 Å². The van der Waals surface area contributed by atoms with Crippen LogP contribution in [0.25, 0.3) is 10.8 Å². The minimum absolute atomic E-state index is 0.0438.